The van der Waals surface area contributed by atoms with E-state index in [9.17, 15) is 0 Å². The van der Waals surface area contributed by atoms with Gasteiger partial charge >= 0.3 is 0 Å². The van der Waals surface area contributed by atoms with Crippen LogP contribution in [-0.2, 0) is 6.54 Å². The second kappa shape index (κ2) is 6.46. The average Bonchev–Trinajstić information content (AvgIpc) is 2.82. The van der Waals surface area contributed by atoms with Gasteiger partial charge in [0.1, 0.15) is 0 Å². The Morgan fingerprint density at radius 3 is 2.89 bits per heavy atom. The van der Waals surface area contributed by atoms with Gasteiger partial charge in [0.2, 0.25) is 6.79 Å². The average molecular weight is 285 g/mol. The lowest BCUT2D eigenvalue weighted by molar-refractivity contribution is 0.174. The van der Waals surface area contributed by atoms with Gasteiger partial charge in [0, 0.05) is 12.6 Å². The van der Waals surface area contributed by atoms with Crippen LogP contribution in [0.25, 0.3) is 0 Å². The quantitative estimate of drug-likeness (QED) is 0.870. The molecule has 0 radical (unpaired) electrons. The van der Waals surface area contributed by atoms with Crippen molar-refractivity contribution < 1.29 is 9.47 Å². The molecule has 1 aromatic rings. The third kappa shape index (κ3) is 4.00. The molecule has 1 atom stereocenters. The molecule has 4 nitrogen and oxygen atoms in total. The maximum absolute atomic E-state index is 6.15. The highest BCUT2D eigenvalue weighted by Gasteiger charge is 2.18. The standard InChI is InChI=1S/C14H21ClN2O2/c1-10(4-5-17(2)3)16-8-11-6-12(15)14-13(7-11)18-9-19-14/h6-7,10,16H,4-5,8-9H2,1-3H3. The highest BCUT2D eigenvalue weighted by atomic mass is 35.5. The first-order chi connectivity index (χ1) is 9.06. The van der Waals surface area contributed by atoms with Gasteiger partial charge in [-0.25, -0.2) is 0 Å². The molecule has 0 bridgehead atoms. The molecule has 0 fully saturated rings. The van der Waals surface area contributed by atoms with Crippen molar-refractivity contribution in [2.45, 2.75) is 25.9 Å². The van der Waals surface area contributed by atoms with Crippen LogP contribution in [0.5, 0.6) is 11.5 Å². The molecule has 106 valence electrons. The largest absolute Gasteiger partial charge is 0.454 e. The number of rotatable bonds is 6. The fourth-order valence-electron chi connectivity index (χ4n) is 1.97. The van der Waals surface area contributed by atoms with E-state index in [2.05, 4.69) is 31.2 Å². The predicted molar refractivity (Wildman–Crippen MR) is 77.0 cm³/mol. The van der Waals surface area contributed by atoms with Crippen molar-refractivity contribution in [2.75, 3.05) is 27.4 Å². The molecule has 1 aliphatic heterocycles. The molecular weight excluding hydrogens is 264 g/mol. The van der Waals surface area contributed by atoms with Gasteiger partial charge in [-0.05, 0) is 51.7 Å². The monoisotopic (exact) mass is 284 g/mol. The minimum atomic E-state index is 0.255. The lowest BCUT2D eigenvalue weighted by atomic mass is 10.1. The Kier molecular flexibility index (Phi) is 4.91. The van der Waals surface area contributed by atoms with Gasteiger partial charge in [0.05, 0.1) is 5.02 Å². The van der Waals surface area contributed by atoms with Crippen LogP contribution in [0.1, 0.15) is 18.9 Å². The molecule has 1 aliphatic rings. The second-order valence-electron chi connectivity index (χ2n) is 5.19. The Morgan fingerprint density at radius 1 is 1.37 bits per heavy atom. The molecule has 1 N–H and O–H groups in total. The maximum atomic E-state index is 6.15. The smallest absolute Gasteiger partial charge is 0.231 e. The van der Waals surface area contributed by atoms with Crippen molar-refractivity contribution in [3.05, 3.63) is 22.7 Å². The molecule has 0 spiro atoms. The van der Waals surface area contributed by atoms with Crippen LogP contribution in [0.3, 0.4) is 0 Å². The van der Waals surface area contributed by atoms with Crippen LogP contribution < -0.4 is 14.8 Å². The summed E-state index contributed by atoms with van der Waals surface area (Å²) in [6.07, 6.45) is 1.12. The molecule has 0 aliphatic carbocycles. The first kappa shape index (κ1) is 14.4. The van der Waals surface area contributed by atoms with Crippen LogP contribution in [-0.4, -0.2) is 38.4 Å². The summed E-state index contributed by atoms with van der Waals surface area (Å²) in [5.41, 5.74) is 1.12. The molecule has 2 rings (SSSR count). The van der Waals surface area contributed by atoms with Gasteiger partial charge in [-0.3, -0.25) is 0 Å². The number of nitrogens with zero attached hydrogens (tertiary/aromatic N) is 1. The third-order valence-corrected chi connectivity index (χ3v) is 3.43. The minimum absolute atomic E-state index is 0.255. The fraction of sp³-hybridized carbons (Fsp3) is 0.571. The SMILES string of the molecule is CC(CCN(C)C)NCc1cc(Cl)c2c(c1)OCO2. The van der Waals surface area contributed by atoms with Gasteiger partial charge in [-0.15, -0.1) is 0 Å². The van der Waals surface area contributed by atoms with E-state index >= 15 is 0 Å². The number of benzene rings is 1. The fourth-order valence-corrected chi connectivity index (χ4v) is 2.26. The Hall–Kier alpha value is -0.970. The normalized spacial score (nSPS) is 15.0. The molecule has 0 saturated carbocycles. The maximum Gasteiger partial charge on any atom is 0.231 e. The van der Waals surface area contributed by atoms with Crippen molar-refractivity contribution in [3.63, 3.8) is 0 Å². The summed E-state index contributed by atoms with van der Waals surface area (Å²) in [6.45, 7) is 4.31. The van der Waals surface area contributed by atoms with Crippen molar-refractivity contribution in [3.8, 4) is 11.5 Å². The first-order valence-corrected chi connectivity index (χ1v) is 6.90. The molecule has 19 heavy (non-hydrogen) atoms. The molecule has 0 saturated heterocycles. The Labute approximate surface area is 119 Å². The zero-order valence-corrected chi connectivity index (χ0v) is 12.5. The number of fused-ring (bicyclic) bond motifs is 1. The van der Waals surface area contributed by atoms with Crippen LogP contribution in [0.15, 0.2) is 12.1 Å². The number of hydrogen-bond acceptors (Lipinski definition) is 4. The zero-order valence-electron chi connectivity index (χ0n) is 11.7. The lowest BCUT2D eigenvalue weighted by Gasteiger charge is -2.17. The van der Waals surface area contributed by atoms with E-state index in [4.69, 9.17) is 21.1 Å². The van der Waals surface area contributed by atoms with Crippen LogP contribution >= 0.6 is 11.6 Å². The van der Waals surface area contributed by atoms with Crippen LogP contribution in [0, 0.1) is 0 Å². The summed E-state index contributed by atoms with van der Waals surface area (Å²) in [5.74, 6) is 1.40. The van der Waals surface area contributed by atoms with Gasteiger partial charge in [0.15, 0.2) is 11.5 Å². The van der Waals surface area contributed by atoms with E-state index in [0.29, 0.717) is 16.8 Å². The van der Waals surface area contributed by atoms with Crippen molar-refractivity contribution in [1.29, 1.82) is 0 Å². The number of nitrogens with one attached hydrogen (secondary N) is 1. The van der Waals surface area contributed by atoms with Gasteiger partial charge in [0.25, 0.3) is 0 Å². The topological polar surface area (TPSA) is 33.7 Å². The van der Waals surface area contributed by atoms with E-state index in [1.165, 1.54) is 0 Å². The summed E-state index contributed by atoms with van der Waals surface area (Å²) < 4.78 is 10.7. The summed E-state index contributed by atoms with van der Waals surface area (Å²) in [5, 5.41) is 4.11. The third-order valence-electron chi connectivity index (χ3n) is 3.15. The Balaban J connectivity index is 1.88. The van der Waals surface area contributed by atoms with Crippen molar-refractivity contribution >= 4 is 11.6 Å². The van der Waals surface area contributed by atoms with Crippen molar-refractivity contribution in [2.24, 2.45) is 0 Å². The van der Waals surface area contributed by atoms with Gasteiger partial charge in [-0.2, -0.15) is 0 Å². The predicted octanol–water partition coefficient (Wildman–Crippen LogP) is 2.50. The highest BCUT2D eigenvalue weighted by molar-refractivity contribution is 6.32. The van der Waals surface area contributed by atoms with Crippen LogP contribution in [0.2, 0.25) is 5.02 Å². The molecule has 0 amide bonds. The molecule has 0 aromatic heterocycles. The highest BCUT2D eigenvalue weighted by Crippen LogP contribution is 2.39. The summed E-state index contributed by atoms with van der Waals surface area (Å²) >= 11 is 6.15. The molecule has 1 unspecified atom stereocenters. The molecule has 1 aromatic carbocycles. The van der Waals surface area contributed by atoms with Gasteiger partial charge in [-0.1, -0.05) is 11.6 Å². The molecule has 5 heteroatoms. The summed E-state index contributed by atoms with van der Waals surface area (Å²) in [4.78, 5) is 2.19. The zero-order chi connectivity index (χ0) is 13.8. The van der Waals surface area contributed by atoms with E-state index < -0.39 is 0 Å². The van der Waals surface area contributed by atoms with Gasteiger partial charge < -0.3 is 19.7 Å². The van der Waals surface area contributed by atoms with E-state index in [1.807, 2.05) is 12.1 Å². The summed E-state index contributed by atoms with van der Waals surface area (Å²) in [6, 6.07) is 4.38. The number of ether oxygens (including phenoxy) is 2. The first-order valence-electron chi connectivity index (χ1n) is 6.52. The lowest BCUT2D eigenvalue weighted by Crippen LogP contribution is -2.29. The summed E-state index contributed by atoms with van der Waals surface area (Å²) in [7, 11) is 4.18. The van der Waals surface area contributed by atoms with E-state index in [-0.39, 0.29) is 6.79 Å². The molecule has 1 heterocycles. The minimum Gasteiger partial charge on any atom is -0.454 e. The number of hydrogen-bond donors (Lipinski definition) is 1. The van der Waals surface area contributed by atoms with E-state index in [1.54, 1.807) is 0 Å². The number of halogens is 1. The Bertz CT molecular complexity index is 438. The van der Waals surface area contributed by atoms with Crippen molar-refractivity contribution in [1.82, 2.24) is 10.2 Å². The van der Waals surface area contributed by atoms with Crippen LogP contribution in [0.4, 0.5) is 0 Å². The van der Waals surface area contributed by atoms with E-state index in [0.717, 1.165) is 30.8 Å². The molecular formula is C14H21ClN2O2. The second-order valence-corrected chi connectivity index (χ2v) is 5.59. The Morgan fingerprint density at radius 2 is 2.16 bits per heavy atom.